The Hall–Kier alpha value is -1.53. The number of hydrogen-bond donors (Lipinski definition) is 0. The topological polar surface area (TPSA) is 52.3 Å². The Kier molecular flexibility index (Phi) is 3.33. The van der Waals surface area contributed by atoms with Crippen molar-refractivity contribution < 1.29 is 27.2 Å². The van der Waals surface area contributed by atoms with Gasteiger partial charge in [-0.2, -0.15) is 13.2 Å². The second kappa shape index (κ2) is 4.33. The highest BCUT2D eigenvalue weighted by Crippen LogP contribution is 2.29. The summed E-state index contributed by atoms with van der Waals surface area (Å²) >= 11 is 0. The van der Waals surface area contributed by atoms with E-state index in [1.807, 2.05) is 0 Å². The van der Waals surface area contributed by atoms with E-state index >= 15 is 0 Å². The van der Waals surface area contributed by atoms with Gasteiger partial charge in [-0.25, -0.2) is 0 Å². The van der Waals surface area contributed by atoms with Crippen molar-refractivity contribution in [2.75, 3.05) is 6.61 Å². The molecule has 0 saturated carbocycles. The second-order valence-corrected chi connectivity index (χ2v) is 2.66. The lowest BCUT2D eigenvalue weighted by Crippen LogP contribution is -2.07. The molecule has 0 fully saturated rings. The molecule has 0 unspecified atom stereocenters. The maximum Gasteiger partial charge on any atom is 0.452 e. The average molecular weight is 223 g/mol. The van der Waals surface area contributed by atoms with Crippen molar-refractivity contribution in [3.05, 3.63) is 17.5 Å². The van der Waals surface area contributed by atoms with Gasteiger partial charge in [-0.05, 0) is 6.92 Å². The summed E-state index contributed by atoms with van der Waals surface area (Å²) in [6.07, 6.45) is -4.91. The van der Waals surface area contributed by atoms with Crippen LogP contribution in [-0.4, -0.2) is 17.7 Å². The molecular formula is C8H8F3NO3. The lowest BCUT2D eigenvalue weighted by atomic mass is 10.3. The van der Waals surface area contributed by atoms with Gasteiger partial charge in [0.1, 0.15) is 0 Å². The van der Waals surface area contributed by atoms with Gasteiger partial charge in [0.25, 0.3) is 0 Å². The van der Waals surface area contributed by atoms with E-state index < -0.39 is 17.9 Å². The summed E-state index contributed by atoms with van der Waals surface area (Å²) in [5.41, 5.74) is -0.0965. The Morgan fingerprint density at radius 3 is 2.73 bits per heavy atom. The number of rotatable bonds is 3. The van der Waals surface area contributed by atoms with Gasteiger partial charge < -0.3 is 9.26 Å². The first kappa shape index (κ1) is 11.5. The van der Waals surface area contributed by atoms with E-state index in [1.54, 1.807) is 6.92 Å². The first-order chi connectivity index (χ1) is 6.93. The molecule has 0 spiro atoms. The van der Waals surface area contributed by atoms with Crippen molar-refractivity contribution in [1.29, 1.82) is 0 Å². The number of esters is 1. The highest BCUT2D eigenvalue weighted by atomic mass is 19.4. The van der Waals surface area contributed by atoms with E-state index in [9.17, 15) is 18.0 Å². The fraction of sp³-hybridized carbons (Fsp3) is 0.500. The van der Waals surface area contributed by atoms with E-state index in [1.165, 1.54) is 0 Å². The summed E-state index contributed by atoms with van der Waals surface area (Å²) in [7, 11) is 0. The zero-order chi connectivity index (χ0) is 11.5. The Balaban J connectivity index is 2.65. The highest BCUT2D eigenvalue weighted by Gasteiger charge is 2.36. The van der Waals surface area contributed by atoms with Gasteiger partial charge in [0.2, 0.25) is 5.76 Å². The van der Waals surface area contributed by atoms with Gasteiger partial charge in [-0.3, -0.25) is 4.79 Å². The minimum absolute atomic E-state index is 0.0965. The Bertz CT molecular complexity index is 345. The van der Waals surface area contributed by atoms with Gasteiger partial charge in [0.05, 0.1) is 18.7 Å². The second-order valence-electron chi connectivity index (χ2n) is 2.66. The molecule has 4 nitrogen and oxygen atoms in total. The minimum atomic E-state index is -4.58. The van der Waals surface area contributed by atoms with Crippen LogP contribution in [0.1, 0.15) is 18.4 Å². The van der Waals surface area contributed by atoms with Crippen LogP contribution < -0.4 is 0 Å². The van der Waals surface area contributed by atoms with Crippen LogP contribution in [0.15, 0.2) is 10.6 Å². The molecule has 0 amide bonds. The number of hydrogen-bond acceptors (Lipinski definition) is 4. The van der Waals surface area contributed by atoms with Gasteiger partial charge >= 0.3 is 12.1 Å². The third kappa shape index (κ3) is 3.26. The molecule has 1 rings (SSSR count). The first-order valence-electron chi connectivity index (χ1n) is 4.12. The Labute approximate surface area is 83.0 Å². The smallest absolute Gasteiger partial charge is 0.452 e. The van der Waals surface area contributed by atoms with Crippen molar-refractivity contribution in [1.82, 2.24) is 5.16 Å². The molecule has 1 aromatic heterocycles. The van der Waals surface area contributed by atoms with E-state index in [4.69, 9.17) is 0 Å². The minimum Gasteiger partial charge on any atom is -0.466 e. The van der Waals surface area contributed by atoms with Crippen molar-refractivity contribution in [2.24, 2.45) is 0 Å². The quantitative estimate of drug-likeness (QED) is 0.733. The molecule has 0 aromatic carbocycles. The zero-order valence-corrected chi connectivity index (χ0v) is 7.80. The summed E-state index contributed by atoms with van der Waals surface area (Å²) in [5.74, 6) is -1.86. The number of halogens is 3. The van der Waals surface area contributed by atoms with Crippen molar-refractivity contribution in [3.63, 3.8) is 0 Å². The van der Waals surface area contributed by atoms with Crippen LogP contribution >= 0.6 is 0 Å². The highest BCUT2D eigenvalue weighted by molar-refractivity contribution is 5.71. The van der Waals surface area contributed by atoms with Crippen LogP contribution in [0.4, 0.5) is 13.2 Å². The van der Waals surface area contributed by atoms with Gasteiger partial charge in [-0.1, -0.05) is 5.16 Å². The standard InChI is InChI=1S/C8H8F3NO3/c1-2-14-7(13)4-5-3-6(15-12-5)8(9,10)11/h3H,2,4H2,1H3. The Morgan fingerprint density at radius 2 is 2.27 bits per heavy atom. The maximum absolute atomic E-state index is 12.0. The van der Waals surface area contributed by atoms with Gasteiger partial charge in [0, 0.05) is 6.07 Å². The molecule has 0 aliphatic carbocycles. The van der Waals surface area contributed by atoms with Crippen molar-refractivity contribution in [3.8, 4) is 0 Å². The van der Waals surface area contributed by atoms with E-state index in [-0.39, 0.29) is 18.7 Å². The lowest BCUT2D eigenvalue weighted by Gasteiger charge is -1.98. The molecule has 0 saturated heterocycles. The van der Waals surface area contributed by atoms with Crippen LogP contribution in [0, 0.1) is 0 Å². The average Bonchev–Trinajstić information content (AvgIpc) is 2.52. The predicted octanol–water partition coefficient (Wildman–Crippen LogP) is 1.80. The lowest BCUT2D eigenvalue weighted by molar-refractivity contribution is -0.155. The summed E-state index contributed by atoms with van der Waals surface area (Å²) in [6, 6.07) is 0.677. The first-order valence-corrected chi connectivity index (χ1v) is 4.12. The number of ether oxygens (including phenoxy) is 1. The molecular weight excluding hydrogens is 215 g/mol. The molecule has 0 radical (unpaired) electrons. The van der Waals surface area contributed by atoms with Gasteiger partial charge in [-0.15, -0.1) is 0 Å². The third-order valence-electron chi connectivity index (χ3n) is 1.47. The van der Waals surface area contributed by atoms with E-state index in [0.29, 0.717) is 6.07 Å². The normalized spacial score (nSPS) is 11.5. The molecule has 84 valence electrons. The fourth-order valence-electron chi connectivity index (χ4n) is 0.889. The van der Waals surface area contributed by atoms with Gasteiger partial charge in [0.15, 0.2) is 0 Å². The predicted molar refractivity (Wildman–Crippen MR) is 41.8 cm³/mol. The van der Waals surface area contributed by atoms with Crippen molar-refractivity contribution >= 4 is 5.97 Å². The monoisotopic (exact) mass is 223 g/mol. The number of carbonyl (C=O) groups excluding carboxylic acids is 1. The third-order valence-corrected chi connectivity index (χ3v) is 1.47. The Morgan fingerprint density at radius 1 is 1.60 bits per heavy atom. The summed E-state index contributed by atoms with van der Waals surface area (Å²) in [5, 5.41) is 3.11. The summed E-state index contributed by atoms with van der Waals surface area (Å²) < 4.78 is 44.7. The molecule has 0 aliphatic rings. The molecule has 1 aromatic rings. The SMILES string of the molecule is CCOC(=O)Cc1cc(C(F)(F)F)on1. The van der Waals surface area contributed by atoms with Crippen LogP contribution in [-0.2, 0) is 22.1 Å². The largest absolute Gasteiger partial charge is 0.466 e. The molecule has 1 heterocycles. The van der Waals surface area contributed by atoms with Crippen LogP contribution in [0.5, 0.6) is 0 Å². The van der Waals surface area contributed by atoms with Crippen LogP contribution in [0.25, 0.3) is 0 Å². The van der Waals surface area contributed by atoms with E-state index in [2.05, 4.69) is 14.4 Å². The summed E-state index contributed by atoms with van der Waals surface area (Å²) in [4.78, 5) is 10.9. The fourth-order valence-corrected chi connectivity index (χ4v) is 0.889. The zero-order valence-electron chi connectivity index (χ0n) is 7.80. The number of nitrogens with zero attached hydrogens (tertiary/aromatic N) is 1. The molecule has 7 heteroatoms. The molecule has 15 heavy (non-hydrogen) atoms. The van der Waals surface area contributed by atoms with Crippen LogP contribution in [0.2, 0.25) is 0 Å². The summed E-state index contributed by atoms with van der Waals surface area (Å²) in [6.45, 7) is 1.77. The molecule has 0 aliphatic heterocycles. The van der Waals surface area contributed by atoms with E-state index in [0.717, 1.165) is 0 Å². The van der Waals surface area contributed by atoms with Crippen molar-refractivity contribution in [2.45, 2.75) is 19.5 Å². The number of alkyl halides is 3. The molecule has 0 N–H and O–H groups in total. The number of aromatic nitrogens is 1. The molecule has 0 atom stereocenters. The number of carbonyl (C=O) groups is 1. The maximum atomic E-state index is 12.0. The molecule has 0 bridgehead atoms. The van der Waals surface area contributed by atoms with Crippen LogP contribution in [0.3, 0.4) is 0 Å².